The molecule has 15 heavy (non-hydrogen) atoms. The Hall–Kier alpha value is -0.710. The first kappa shape index (κ1) is 12.4. The molecule has 0 aromatic heterocycles. The molecule has 0 saturated heterocycles. The van der Waals surface area contributed by atoms with E-state index in [4.69, 9.17) is 9.47 Å². The summed E-state index contributed by atoms with van der Waals surface area (Å²) >= 11 is 3.39. The van der Waals surface area contributed by atoms with E-state index in [-0.39, 0.29) is 6.29 Å². The highest BCUT2D eigenvalue weighted by Crippen LogP contribution is 2.19. The third-order valence-electron chi connectivity index (χ3n) is 1.88. The molecule has 0 amide bonds. The lowest BCUT2D eigenvalue weighted by atomic mass is 10.3. The molecular weight excluding hydrogens is 258 g/mol. The van der Waals surface area contributed by atoms with E-state index >= 15 is 0 Å². The number of methoxy groups -OCH3 is 2. The zero-order valence-electron chi connectivity index (χ0n) is 9.03. The molecule has 1 aromatic carbocycles. The van der Waals surface area contributed by atoms with Crippen molar-refractivity contribution in [2.24, 2.45) is 4.99 Å². The predicted octanol–water partition coefficient (Wildman–Crippen LogP) is 3.16. The van der Waals surface area contributed by atoms with Gasteiger partial charge in [-0.25, -0.2) is 0 Å². The Kier molecular flexibility index (Phi) is 4.94. The summed E-state index contributed by atoms with van der Waals surface area (Å²) in [6.07, 6.45) is -0.385. The van der Waals surface area contributed by atoms with Crippen molar-refractivity contribution in [3.05, 3.63) is 28.7 Å². The Morgan fingerprint density at radius 3 is 2.53 bits per heavy atom. The molecule has 0 unspecified atom stereocenters. The Labute approximate surface area is 98.2 Å². The number of halogens is 1. The van der Waals surface area contributed by atoms with Crippen LogP contribution in [0.2, 0.25) is 0 Å². The topological polar surface area (TPSA) is 30.8 Å². The molecule has 0 atom stereocenters. The highest BCUT2D eigenvalue weighted by molar-refractivity contribution is 9.10. The number of ether oxygens (including phenoxy) is 2. The minimum absolute atomic E-state index is 0.385. The standard InChI is InChI=1S/C11H14BrNO2/c1-8(11(14-2)15-3)13-10-6-4-5-9(12)7-10/h4-7,11H,1-3H3. The van der Waals surface area contributed by atoms with Crippen LogP contribution in [0.25, 0.3) is 0 Å². The van der Waals surface area contributed by atoms with Crippen LogP contribution in [-0.2, 0) is 9.47 Å². The smallest absolute Gasteiger partial charge is 0.196 e. The highest BCUT2D eigenvalue weighted by Gasteiger charge is 2.08. The highest BCUT2D eigenvalue weighted by atomic mass is 79.9. The van der Waals surface area contributed by atoms with Crippen LogP contribution in [0.15, 0.2) is 33.7 Å². The molecule has 0 radical (unpaired) electrons. The summed E-state index contributed by atoms with van der Waals surface area (Å²) in [5.41, 5.74) is 1.67. The third kappa shape index (κ3) is 3.74. The van der Waals surface area contributed by atoms with Crippen molar-refractivity contribution < 1.29 is 9.47 Å². The van der Waals surface area contributed by atoms with Crippen molar-refractivity contribution in [1.29, 1.82) is 0 Å². The van der Waals surface area contributed by atoms with E-state index in [0.29, 0.717) is 0 Å². The summed E-state index contributed by atoms with van der Waals surface area (Å²) in [7, 11) is 3.18. The van der Waals surface area contributed by atoms with Crippen LogP contribution in [0.4, 0.5) is 5.69 Å². The van der Waals surface area contributed by atoms with Gasteiger partial charge in [-0.3, -0.25) is 4.99 Å². The molecule has 0 spiro atoms. The van der Waals surface area contributed by atoms with E-state index in [1.54, 1.807) is 14.2 Å². The average molecular weight is 272 g/mol. The Morgan fingerprint density at radius 2 is 2.00 bits per heavy atom. The van der Waals surface area contributed by atoms with Crippen LogP contribution >= 0.6 is 15.9 Å². The van der Waals surface area contributed by atoms with Gasteiger partial charge in [0.25, 0.3) is 0 Å². The maximum absolute atomic E-state index is 5.10. The van der Waals surface area contributed by atoms with Gasteiger partial charge in [0.15, 0.2) is 6.29 Å². The van der Waals surface area contributed by atoms with Gasteiger partial charge in [-0.05, 0) is 25.1 Å². The van der Waals surface area contributed by atoms with Crippen molar-refractivity contribution in [2.45, 2.75) is 13.2 Å². The van der Waals surface area contributed by atoms with Crippen LogP contribution in [0.5, 0.6) is 0 Å². The normalized spacial score (nSPS) is 12.2. The Morgan fingerprint density at radius 1 is 1.33 bits per heavy atom. The first-order chi connectivity index (χ1) is 7.17. The van der Waals surface area contributed by atoms with Gasteiger partial charge in [-0.1, -0.05) is 22.0 Å². The molecule has 1 rings (SSSR count). The van der Waals surface area contributed by atoms with E-state index in [9.17, 15) is 0 Å². The van der Waals surface area contributed by atoms with Crippen LogP contribution < -0.4 is 0 Å². The van der Waals surface area contributed by atoms with Crippen molar-refractivity contribution in [3.63, 3.8) is 0 Å². The lowest BCUT2D eigenvalue weighted by molar-refractivity contribution is -0.0522. The fourth-order valence-electron chi connectivity index (χ4n) is 1.24. The van der Waals surface area contributed by atoms with E-state index < -0.39 is 0 Å². The summed E-state index contributed by atoms with van der Waals surface area (Å²) in [6.45, 7) is 1.87. The van der Waals surface area contributed by atoms with Gasteiger partial charge in [0.1, 0.15) is 0 Å². The maximum Gasteiger partial charge on any atom is 0.196 e. The van der Waals surface area contributed by atoms with Crippen LogP contribution in [0.1, 0.15) is 6.92 Å². The molecule has 0 saturated carbocycles. The summed E-state index contributed by atoms with van der Waals surface area (Å²) in [6, 6.07) is 7.76. The predicted molar refractivity (Wildman–Crippen MR) is 64.7 cm³/mol. The number of hydrogen-bond acceptors (Lipinski definition) is 3. The molecule has 0 aliphatic rings. The number of hydrogen-bond donors (Lipinski definition) is 0. The van der Waals surface area contributed by atoms with Gasteiger partial charge in [0.2, 0.25) is 0 Å². The first-order valence-electron chi connectivity index (χ1n) is 4.53. The van der Waals surface area contributed by atoms with E-state index in [1.165, 1.54) is 0 Å². The molecule has 0 heterocycles. The average Bonchev–Trinajstić information content (AvgIpc) is 2.19. The summed E-state index contributed by atoms with van der Waals surface area (Å²) in [5.74, 6) is 0. The van der Waals surface area contributed by atoms with Gasteiger partial charge in [-0.2, -0.15) is 0 Å². The second-order valence-electron chi connectivity index (χ2n) is 3.04. The summed E-state index contributed by atoms with van der Waals surface area (Å²) in [4.78, 5) is 4.40. The van der Waals surface area contributed by atoms with E-state index in [0.717, 1.165) is 15.9 Å². The SMILES string of the molecule is COC(OC)C(C)=Nc1cccc(Br)c1. The lowest BCUT2D eigenvalue weighted by Crippen LogP contribution is -2.21. The molecule has 0 N–H and O–H groups in total. The molecule has 0 aliphatic carbocycles. The minimum atomic E-state index is -0.385. The fourth-order valence-corrected chi connectivity index (χ4v) is 1.63. The second-order valence-corrected chi connectivity index (χ2v) is 3.95. The zero-order valence-corrected chi connectivity index (χ0v) is 10.6. The van der Waals surface area contributed by atoms with Gasteiger partial charge < -0.3 is 9.47 Å². The molecule has 4 heteroatoms. The zero-order chi connectivity index (χ0) is 11.3. The van der Waals surface area contributed by atoms with Gasteiger partial charge in [0, 0.05) is 18.7 Å². The van der Waals surface area contributed by atoms with Crippen LogP contribution in [0.3, 0.4) is 0 Å². The van der Waals surface area contributed by atoms with Gasteiger partial charge >= 0.3 is 0 Å². The first-order valence-corrected chi connectivity index (χ1v) is 5.33. The van der Waals surface area contributed by atoms with Crippen LogP contribution in [-0.4, -0.2) is 26.2 Å². The molecule has 3 nitrogen and oxygen atoms in total. The fraction of sp³-hybridized carbons (Fsp3) is 0.364. The molecule has 0 fully saturated rings. The largest absolute Gasteiger partial charge is 0.351 e. The van der Waals surface area contributed by atoms with Gasteiger partial charge in [0.05, 0.1) is 11.4 Å². The van der Waals surface area contributed by atoms with Crippen molar-refractivity contribution in [3.8, 4) is 0 Å². The third-order valence-corrected chi connectivity index (χ3v) is 2.38. The Balaban J connectivity index is 2.86. The summed E-state index contributed by atoms with van der Waals surface area (Å²) < 4.78 is 11.2. The molecule has 1 aromatic rings. The van der Waals surface area contributed by atoms with Crippen molar-refractivity contribution in [2.75, 3.05) is 14.2 Å². The van der Waals surface area contributed by atoms with Crippen molar-refractivity contribution >= 4 is 27.3 Å². The monoisotopic (exact) mass is 271 g/mol. The molecule has 0 aliphatic heterocycles. The number of nitrogens with zero attached hydrogens (tertiary/aromatic N) is 1. The van der Waals surface area contributed by atoms with E-state index in [2.05, 4.69) is 20.9 Å². The number of benzene rings is 1. The molecule has 0 bridgehead atoms. The number of aliphatic imine (C=N–C) groups is 1. The minimum Gasteiger partial charge on any atom is -0.351 e. The summed E-state index contributed by atoms with van der Waals surface area (Å²) in [5, 5.41) is 0. The molecule has 82 valence electrons. The van der Waals surface area contributed by atoms with Crippen molar-refractivity contribution in [1.82, 2.24) is 0 Å². The lowest BCUT2D eigenvalue weighted by Gasteiger charge is -2.12. The van der Waals surface area contributed by atoms with Crippen LogP contribution in [0, 0.1) is 0 Å². The quantitative estimate of drug-likeness (QED) is 0.622. The molecular formula is C11H14BrNO2. The maximum atomic E-state index is 5.10. The Bertz CT molecular complexity index is 348. The second kappa shape index (κ2) is 6.00. The van der Waals surface area contributed by atoms with E-state index in [1.807, 2.05) is 31.2 Å². The number of rotatable bonds is 4. The van der Waals surface area contributed by atoms with Gasteiger partial charge in [-0.15, -0.1) is 0 Å².